The summed E-state index contributed by atoms with van der Waals surface area (Å²) in [5.41, 5.74) is 5.28. The van der Waals surface area contributed by atoms with Crippen molar-refractivity contribution < 1.29 is 9.59 Å². The van der Waals surface area contributed by atoms with Gasteiger partial charge in [0.1, 0.15) is 5.82 Å². The van der Waals surface area contributed by atoms with E-state index < -0.39 is 17.4 Å². The molecule has 1 aromatic carbocycles. The zero-order chi connectivity index (χ0) is 16.2. The van der Waals surface area contributed by atoms with E-state index >= 15 is 0 Å². The van der Waals surface area contributed by atoms with Crippen LogP contribution in [0.5, 0.6) is 0 Å². The Balaban J connectivity index is 2.37. The number of nitrogens with zero attached hydrogens (tertiary/aromatic N) is 1. The van der Waals surface area contributed by atoms with E-state index in [1.807, 2.05) is 0 Å². The first kappa shape index (κ1) is 14.9. The standard InChI is InChI=1S/C13H6Cl3N3O3/c14-5-2-7(16)8(3-6(5)15)19-9(20)1-4-10(11(19)17)13(22)18-12(4)21/h1-3H,17H2,(H,18,21,22). The molecule has 0 aliphatic carbocycles. The van der Waals surface area contributed by atoms with Crippen LogP contribution in [0, 0.1) is 0 Å². The molecule has 2 aromatic rings. The minimum Gasteiger partial charge on any atom is -0.384 e. The molecular weight excluding hydrogens is 353 g/mol. The summed E-state index contributed by atoms with van der Waals surface area (Å²) in [4.78, 5) is 35.6. The molecule has 0 saturated heterocycles. The molecule has 3 rings (SSSR count). The number of amides is 2. The molecule has 6 nitrogen and oxygen atoms in total. The van der Waals surface area contributed by atoms with Crippen LogP contribution in [0.2, 0.25) is 15.1 Å². The van der Waals surface area contributed by atoms with E-state index in [2.05, 4.69) is 5.32 Å². The molecule has 2 amide bonds. The van der Waals surface area contributed by atoms with Gasteiger partial charge < -0.3 is 5.73 Å². The minimum atomic E-state index is -0.678. The quantitative estimate of drug-likeness (QED) is 0.604. The highest BCUT2D eigenvalue weighted by molar-refractivity contribution is 6.43. The molecule has 0 atom stereocenters. The SMILES string of the molecule is Nc1c2c(cc(=O)n1-c1cc(Cl)c(Cl)cc1Cl)C(=O)NC2=O. The Morgan fingerprint density at radius 3 is 2.23 bits per heavy atom. The average Bonchev–Trinajstić information content (AvgIpc) is 2.70. The Morgan fingerprint density at radius 2 is 1.55 bits per heavy atom. The Labute approximate surface area is 138 Å². The van der Waals surface area contributed by atoms with Crippen LogP contribution in [0.4, 0.5) is 5.82 Å². The summed E-state index contributed by atoms with van der Waals surface area (Å²) in [6.07, 6.45) is 0. The molecule has 0 bridgehead atoms. The van der Waals surface area contributed by atoms with Crippen molar-refractivity contribution in [1.82, 2.24) is 9.88 Å². The molecule has 0 unspecified atom stereocenters. The summed E-state index contributed by atoms with van der Waals surface area (Å²) in [6.45, 7) is 0. The molecule has 0 fully saturated rings. The number of halogens is 3. The maximum Gasteiger partial charge on any atom is 0.262 e. The summed E-state index contributed by atoms with van der Waals surface area (Å²) in [5.74, 6) is -1.55. The lowest BCUT2D eigenvalue weighted by atomic mass is 10.1. The van der Waals surface area contributed by atoms with Gasteiger partial charge in [-0.3, -0.25) is 24.3 Å². The van der Waals surface area contributed by atoms with Gasteiger partial charge in [0.25, 0.3) is 17.4 Å². The first-order valence-corrected chi connectivity index (χ1v) is 7.00. The molecule has 3 N–H and O–H groups in total. The van der Waals surface area contributed by atoms with Crippen molar-refractivity contribution in [1.29, 1.82) is 0 Å². The van der Waals surface area contributed by atoms with Crippen molar-refractivity contribution in [3.05, 3.63) is 54.7 Å². The molecular formula is C13H6Cl3N3O3. The van der Waals surface area contributed by atoms with Crippen molar-refractivity contribution >= 4 is 52.4 Å². The first-order valence-electron chi connectivity index (χ1n) is 5.87. The van der Waals surface area contributed by atoms with E-state index in [1.54, 1.807) is 0 Å². The highest BCUT2D eigenvalue weighted by Gasteiger charge is 2.32. The number of nitrogen functional groups attached to an aromatic ring is 1. The summed E-state index contributed by atoms with van der Waals surface area (Å²) in [5, 5.41) is 2.56. The average molecular weight is 359 g/mol. The third-order valence-electron chi connectivity index (χ3n) is 3.18. The predicted octanol–water partition coefficient (Wildman–Crippen LogP) is 2.26. The third kappa shape index (κ3) is 2.08. The van der Waals surface area contributed by atoms with Gasteiger partial charge in [-0.25, -0.2) is 0 Å². The van der Waals surface area contributed by atoms with E-state index in [-0.39, 0.29) is 37.7 Å². The number of nitrogens with one attached hydrogen (secondary N) is 1. The second-order valence-corrected chi connectivity index (χ2v) is 5.71. The van der Waals surface area contributed by atoms with Gasteiger partial charge >= 0.3 is 0 Å². The van der Waals surface area contributed by atoms with E-state index in [4.69, 9.17) is 40.5 Å². The first-order chi connectivity index (χ1) is 10.3. The fourth-order valence-electron chi connectivity index (χ4n) is 2.21. The Morgan fingerprint density at radius 1 is 0.909 bits per heavy atom. The van der Waals surface area contributed by atoms with Gasteiger partial charge in [0.2, 0.25) is 0 Å². The maximum atomic E-state index is 12.3. The van der Waals surface area contributed by atoms with Crippen molar-refractivity contribution in [2.45, 2.75) is 0 Å². The Hall–Kier alpha value is -2.02. The number of anilines is 1. The second kappa shape index (κ2) is 5.01. The summed E-state index contributed by atoms with van der Waals surface area (Å²) in [7, 11) is 0. The number of hydrogen-bond acceptors (Lipinski definition) is 4. The van der Waals surface area contributed by atoms with Gasteiger partial charge in [0.05, 0.1) is 31.9 Å². The number of carbonyl (C=O) groups is 2. The molecule has 1 aromatic heterocycles. The lowest BCUT2D eigenvalue weighted by molar-refractivity contribution is 0.0880. The normalized spacial score (nSPS) is 13.2. The number of nitrogens with two attached hydrogens (primary N) is 1. The molecule has 112 valence electrons. The fourth-order valence-corrected chi connectivity index (χ4v) is 2.84. The highest BCUT2D eigenvalue weighted by Crippen LogP contribution is 2.32. The van der Waals surface area contributed by atoms with Crippen LogP contribution in [-0.4, -0.2) is 16.4 Å². The lowest BCUT2D eigenvalue weighted by Crippen LogP contribution is -2.24. The van der Waals surface area contributed by atoms with Crippen LogP contribution in [0.3, 0.4) is 0 Å². The molecule has 22 heavy (non-hydrogen) atoms. The number of aromatic nitrogens is 1. The predicted molar refractivity (Wildman–Crippen MR) is 83.3 cm³/mol. The number of pyridine rings is 1. The fraction of sp³-hybridized carbons (Fsp3) is 0. The minimum absolute atomic E-state index is 0.0695. The van der Waals surface area contributed by atoms with Crippen LogP contribution >= 0.6 is 34.8 Å². The topological polar surface area (TPSA) is 94.2 Å². The van der Waals surface area contributed by atoms with E-state index in [1.165, 1.54) is 12.1 Å². The molecule has 0 saturated carbocycles. The molecule has 1 aliphatic rings. The maximum absolute atomic E-state index is 12.3. The van der Waals surface area contributed by atoms with Gasteiger partial charge in [-0.05, 0) is 12.1 Å². The number of benzene rings is 1. The number of fused-ring (bicyclic) bond motifs is 1. The van der Waals surface area contributed by atoms with Gasteiger partial charge in [0.15, 0.2) is 0 Å². The van der Waals surface area contributed by atoms with E-state index in [0.717, 1.165) is 10.6 Å². The van der Waals surface area contributed by atoms with Crippen LogP contribution in [0.1, 0.15) is 20.7 Å². The second-order valence-electron chi connectivity index (χ2n) is 4.49. The zero-order valence-electron chi connectivity index (χ0n) is 10.6. The number of rotatable bonds is 1. The molecule has 1 aliphatic heterocycles. The number of carbonyl (C=O) groups excluding carboxylic acids is 2. The van der Waals surface area contributed by atoms with Gasteiger partial charge in [-0.15, -0.1) is 0 Å². The monoisotopic (exact) mass is 357 g/mol. The molecule has 0 spiro atoms. The lowest BCUT2D eigenvalue weighted by Gasteiger charge is -2.14. The zero-order valence-corrected chi connectivity index (χ0v) is 12.9. The van der Waals surface area contributed by atoms with Crippen molar-refractivity contribution in [2.24, 2.45) is 0 Å². The largest absolute Gasteiger partial charge is 0.384 e. The van der Waals surface area contributed by atoms with E-state index in [0.29, 0.717) is 0 Å². The van der Waals surface area contributed by atoms with Gasteiger partial charge in [-0.1, -0.05) is 34.8 Å². The van der Waals surface area contributed by atoms with E-state index in [9.17, 15) is 14.4 Å². The summed E-state index contributed by atoms with van der Waals surface area (Å²) < 4.78 is 1.00. The smallest absolute Gasteiger partial charge is 0.262 e. The molecule has 0 radical (unpaired) electrons. The van der Waals surface area contributed by atoms with Crippen LogP contribution < -0.4 is 16.6 Å². The molecule has 2 heterocycles. The summed E-state index contributed by atoms with van der Waals surface area (Å²) in [6, 6.07) is 3.72. The van der Waals surface area contributed by atoms with Crippen LogP contribution in [0.25, 0.3) is 5.69 Å². The third-order valence-corrected chi connectivity index (χ3v) is 4.21. The van der Waals surface area contributed by atoms with Crippen molar-refractivity contribution in [3.63, 3.8) is 0 Å². The van der Waals surface area contributed by atoms with Gasteiger partial charge in [-0.2, -0.15) is 0 Å². The highest BCUT2D eigenvalue weighted by atomic mass is 35.5. The Bertz CT molecular complexity index is 921. The van der Waals surface area contributed by atoms with Gasteiger partial charge in [0, 0.05) is 6.07 Å². The number of imide groups is 1. The number of hydrogen-bond donors (Lipinski definition) is 2. The Kier molecular flexibility index (Phi) is 3.40. The summed E-state index contributed by atoms with van der Waals surface area (Å²) >= 11 is 17.8. The molecule has 9 heteroatoms. The van der Waals surface area contributed by atoms with Crippen molar-refractivity contribution in [3.8, 4) is 5.69 Å². The van der Waals surface area contributed by atoms with Crippen LogP contribution in [0.15, 0.2) is 23.0 Å². The van der Waals surface area contributed by atoms with Crippen molar-refractivity contribution in [2.75, 3.05) is 5.73 Å². The van der Waals surface area contributed by atoms with Crippen LogP contribution in [-0.2, 0) is 0 Å².